The molecular weight excluding hydrogens is 322 g/mol. The Kier molecular flexibility index (Phi) is 5.64. The minimum Gasteiger partial charge on any atom is -0.493 e. The number of thiophene rings is 1. The Hall–Kier alpha value is -2.94. The van der Waals surface area contributed by atoms with Crippen LogP contribution in [0, 0.1) is 10.1 Å². The van der Waals surface area contributed by atoms with Crippen molar-refractivity contribution in [2.24, 2.45) is 5.10 Å². The largest absolute Gasteiger partial charge is 0.493 e. The molecule has 1 aromatic carbocycles. The van der Waals surface area contributed by atoms with E-state index in [0.717, 1.165) is 11.3 Å². The molecule has 0 aliphatic rings. The third kappa shape index (κ3) is 4.78. The summed E-state index contributed by atoms with van der Waals surface area (Å²) in [6.07, 6.45) is 1.33. The number of nitro groups is 1. The van der Waals surface area contributed by atoms with E-state index in [0.29, 0.717) is 16.4 Å². The van der Waals surface area contributed by atoms with Crippen molar-refractivity contribution in [1.29, 1.82) is 0 Å². The minimum absolute atomic E-state index is 0.0114. The van der Waals surface area contributed by atoms with Crippen LogP contribution < -0.4 is 14.9 Å². The summed E-state index contributed by atoms with van der Waals surface area (Å²) in [5.41, 5.74) is 2.28. The molecule has 1 aromatic heterocycles. The van der Waals surface area contributed by atoms with Crippen molar-refractivity contribution in [2.45, 2.75) is 0 Å². The highest BCUT2D eigenvalue weighted by molar-refractivity contribution is 7.16. The normalized spacial score (nSPS) is 10.5. The molecule has 0 bridgehead atoms. The average Bonchev–Trinajstić information content (AvgIpc) is 3.02. The molecule has 1 heterocycles. The highest BCUT2D eigenvalue weighted by Crippen LogP contribution is 2.25. The summed E-state index contributed by atoms with van der Waals surface area (Å²) >= 11 is 0.960. The van der Waals surface area contributed by atoms with Crippen LogP contribution in [0.3, 0.4) is 0 Å². The maximum Gasteiger partial charge on any atom is 0.324 e. The molecule has 0 aliphatic carbocycles. The van der Waals surface area contributed by atoms with Gasteiger partial charge in [-0.05, 0) is 18.2 Å². The molecule has 1 N–H and O–H groups in total. The molecule has 0 atom stereocenters. The van der Waals surface area contributed by atoms with E-state index in [9.17, 15) is 14.9 Å². The highest BCUT2D eigenvalue weighted by Gasteiger charge is 2.08. The van der Waals surface area contributed by atoms with Crippen LogP contribution in [0.25, 0.3) is 0 Å². The van der Waals surface area contributed by atoms with E-state index < -0.39 is 10.8 Å². The summed E-state index contributed by atoms with van der Waals surface area (Å²) < 4.78 is 10.4. The zero-order valence-corrected chi connectivity index (χ0v) is 12.9. The topological polar surface area (TPSA) is 103 Å². The van der Waals surface area contributed by atoms with Gasteiger partial charge in [0.05, 0.1) is 23.1 Å². The van der Waals surface area contributed by atoms with Crippen LogP contribution in [0.2, 0.25) is 0 Å². The molecule has 0 radical (unpaired) electrons. The first-order valence-corrected chi connectivity index (χ1v) is 7.23. The lowest BCUT2D eigenvalue weighted by Crippen LogP contribution is -2.24. The number of carbonyl (C=O) groups excluding carboxylic acids is 1. The zero-order chi connectivity index (χ0) is 16.7. The van der Waals surface area contributed by atoms with Crippen LogP contribution in [-0.2, 0) is 4.79 Å². The molecule has 2 rings (SSSR count). The summed E-state index contributed by atoms with van der Waals surface area (Å²) in [6.45, 7) is -0.234. The lowest BCUT2D eigenvalue weighted by Gasteiger charge is -2.08. The van der Waals surface area contributed by atoms with Gasteiger partial charge in [-0.1, -0.05) is 23.5 Å². The van der Waals surface area contributed by atoms with Gasteiger partial charge in [0.2, 0.25) is 0 Å². The molecule has 0 saturated heterocycles. The lowest BCUT2D eigenvalue weighted by molar-refractivity contribution is -0.380. The fourth-order valence-corrected chi connectivity index (χ4v) is 2.28. The van der Waals surface area contributed by atoms with E-state index in [1.165, 1.54) is 19.4 Å². The van der Waals surface area contributed by atoms with Crippen LogP contribution >= 0.6 is 11.3 Å². The van der Waals surface area contributed by atoms with E-state index in [2.05, 4.69) is 10.5 Å². The molecule has 0 fully saturated rings. The Morgan fingerprint density at radius 2 is 2.09 bits per heavy atom. The van der Waals surface area contributed by atoms with Gasteiger partial charge in [-0.3, -0.25) is 14.9 Å². The Bertz CT molecular complexity index is 729. The van der Waals surface area contributed by atoms with Crippen molar-refractivity contribution in [3.63, 3.8) is 0 Å². The number of methoxy groups -OCH3 is 1. The van der Waals surface area contributed by atoms with Crippen molar-refractivity contribution in [2.75, 3.05) is 13.7 Å². The minimum atomic E-state index is -0.484. The van der Waals surface area contributed by atoms with Gasteiger partial charge >= 0.3 is 5.00 Å². The van der Waals surface area contributed by atoms with Gasteiger partial charge in [0.1, 0.15) is 0 Å². The molecule has 0 unspecified atom stereocenters. The number of nitrogens with one attached hydrogen (secondary N) is 1. The Balaban J connectivity index is 1.82. The van der Waals surface area contributed by atoms with Crippen molar-refractivity contribution in [3.05, 3.63) is 51.4 Å². The third-order valence-corrected chi connectivity index (χ3v) is 3.57. The van der Waals surface area contributed by atoms with E-state index in [4.69, 9.17) is 9.47 Å². The first-order chi connectivity index (χ1) is 11.1. The van der Waals surface area contributed by atoms with Crippen LogP contribution in [0.1, 0.15) is 4.88 Å². The number of hydrogen-bond acceptors (Lipinski definition) is 7. The molecule has 2 aromatic rings. The summed E-state index contributed by atoms with van der Waals surface area (Å²) in [6, 6.07) is 9.87. The summed E-state index contributed by atoms with van der Waals surface area (Å²) in [5, 5.41) is 14.3. The first-order valence-electron chi connectivity index (χ1n) is 6.42. The van der Waals surface area contributed by atoms with Gasteiger partial charge in [0, 0.05) is 6.07 Å². The fourth-order valence-electron chi connectivity index (χ4n) is 1.59. The molecule has 23 heavy (non-hydrogen) atoms. The first kappa shape index (κ1) is 16.4. The molecular formula is C14H13N3O5S. The molecule has 0 spiro atoms. The third-order valence-electron chi connectivity index (χ3n) is 2.60. The van der Waals surface area contributed by atoms with E-state index in [1.54, 1.807) is 30.3 Å². The quantitative estimate of drug-likeness (QED) is 0.474. The number of ether oxygens (including phenoxy) is 2. The summed E-state index contributed by atoms with van der Waals surface area (Å²) in [4.78, 5) is 22.2. The van der Waals surface area contributed by atoms with Crippen LogP contribution in [0.5, 0.6) is 11.5 Å². The van der Waals surface area contributed by atoms with Crippen molar-refractivity contribution in [1.82, 2.24) is 5.43 Å². The van der Waals surface area contributed by atoms with Crippen LogP contribution in [0.4, 0.5) is 5.00 Å². The number of para-hydroxylation sites is 2. The highest BCUT2D eigenvalue weighted by atomic mass is 32.1. The Labute approximate surface area is 135 Å². The number of carbonyl (C=O) groups is 1. The van der Waals surface area contributed by atoms with Gasteiger partial charge < -0.3 is 9.47 Å². The smallest absolute Gasteiger partial charge is 0.324 e. The standard InChI is InChI=1S/C14H13N3O5S/c1-21-11-4-2-3-5-12(11)22-9-13(18)16-15-8-10-6-7-14(23-10)17(19)20/h2-8H,9H2,1H3,(H,16,18). The molecule has 0 aliphatic heterocycles. The maximum atomic E-state index is 11.6. The Morgan fingerprint density at radius 3 is 2.74 bits per heavy atom. The number of nitrogens with zero attached hydrogens (tertiary/aromatic N) is 2. The van der Waals surface area contributed by atoms with E-state index in [1.807, 2.05) is 0 Å². The van der Waals surface area contributed by atoms with Crippen LogP contribution in [0.15, 0.2) is 41.5 Å². The van der Waals surface area contributed by atoms with Gasteiger partial charge in [-0.25, -0.2) is 5.43 Å². The van der Waals surface area contributed by atoms with Gasteiger partial charge in [0.15, 0.2) is 18.1 Å². The molecule has 1 amide bonds. The predicted molar refractivity (Wildman–Crippen MR) is 85.2 cm³/mol. The number of rotatable bonds is 7. The maximum absolute atomic E-state index is 11.6. The number of benzene rings is 1. The molecule has 120 valence electrons. The van der Waals surface area contributed by atoms with E-state index in [-0.39, 0.29) is 11.6 Å². The monoisotopic (exact) mass is 335 g/mol. The van der Waals surface area contributed by atoms with Crippen molar-refractivity contribution >= 4 is 28.5 Å². The lowest BCUT2D eigenvalue weighted by atomic mass is 10.3. The summed E-state index contributed by atoms with van der Waals surface area (Å²) in [5.74, 6) is 0.510. The van der Waals surface area contributed by atoms with Gasteiger partial charge in [-0.2, -0.15) is 5.10 Å². The zero-order valence-electron chi connectivity index (χ0n) is 12.1. The predicted octanol–water partition coefficient (Wildman–Crippen LogP) is 2.19. The SMILES string of the molecule is COc1ccccc1OCC(=O)NN=Cc1ccc([N+](=O)[O-])s1. The van der Waals surface area contributed by atoms with Crippen LogP contribution in [-0.4, -0.2) is 30.8 Å². The molecule has 8 nitrogen and oxygen atoms in total. The number of hydrazone groups is 1. The number of hydrogen-bond donors (Lipinski definition) is 1. The van der Waals surface area contributed by atoms with Gasteiger partial charge in [0.25, 0.3) is 5.91 Å². The second-order valence-electron chi connectivity index (χ2n) is 4.17. The van der Waals surface area contributed by atoms with Crippen molar-refractivity contribution < 1.29 is 19.2 Å². The average molecular weight is 335 g/mol. The fraction of sp³-hybridized carbons (Fsp3) is 0.143. The molecule has 0 saturated carbocycles. The van der Waals surface area contributed by atoms with Gasteiger partial charge in [-0.15, -0.1) is 0 Å². The number of amides is 1. The summed E-state index contributed by atoms with van der Waals surface area (Å²) in [7, 11) is 1.51. The second-order valence-corrected chi connectivity index (χ2v) is 5.26. The molecule has 9 heteroatoms. The van der Waals surface area contributed by atoms with E-state index >= 15 is 0 Å². The Morgan fingerprint density at radius 1 is 1.35 bits per heavy atom. The second kappa shape index (κ2) is 7.90. The van der Waals surface area contributed by atoms with Crippen molar-refractivity contribution in [3.8, 4) is 11.5 Å².